The average Bonchev–Trinajstić information content (AvgIpc) is 1.97. The molecule has 0 bridgehead atoms. The fraction of sp³-hybridized carbons (Fsp3) is 0.143. The van der Waals surface area contributed by atoms with Crippen molar-refractivity contribution in [3.63, 3.8) is 0 Å². The van der Waals surface area contributed by atoms with Gasteiger partial charge in [-0.3, -0.25) is 0 Å². The highest BCUT2D eigenvalue weighted by atomic mass is 16.6. The van der Waals surface area contributed by atoms with E-state index in [1.54, 1.807) is 6.92 Å². The van der Waals surface area contributed by atoms with Crippen LogP contribution in [-0.4, -0.2) is 17.0 Å². The first-order valence-corrected chi connectivity index (χ1v) is 2.69. The van der Waals surface area contributed by atoms with Gasteiger partial charge in [0.1, 0.15) is 6.26 Å². The molecule has 0 saturated carbocycles. The maximum atomic E-state index is 10.2. The van der Waals surface area contributed by atoms with Crippen LogP contribution in [0.1, 0.15) is 6.92 Å². The molecule has 58 valence electrons. The van der Waals surface area contributed by atoms with Crippen molar-refractivity contribution in [3.05, 3.63) is 12.3 Å². The number of allylic oxidation sites excluding steroid dienone is 1. The molecule has 0 aliphatic rings. The maximum absolute atomic E-state index is 10.2. The van der Waals surface area contributed by atoms with Crippen LogP contribution in [0.5, 0.6) is 0 Å². The number of aliphatic carboxylic acids is 1. The smallest absolute Gasteiger partial charge is 0.422 e. The fourth-order valence-electron chi connectivity index (χ4n) is 0.264. The molecule has 0 aliphatic carbocycles. The Morgan fingerprint density at radius 2 is 2.18 bits per heavy atom. The van der Waals surface area contributed by atoms with Crippen LogP contribution >= 0.6 is 0 Å². The summed E-state index contributed by atoms with van der Waals surface area (Å²) < 4.78 is 4.08. The third kappa shape index (κ3) is 4.73. The van der Waals surface area contributed by atoms with Crippen LogP contribution in [-0.2, 0) is 14.3 Å². The quantitative estimate of drug-likeness (QED) is 0.253. The van der Waals surface area contributed by atoms with Crippen LogP contribution in [0, 0.1) is 11.8 Å². The van der Waals surface area contributed by atoms with Gasteiger partial charge in [-0.25, -0.2) is 9.59 Å². The number of hydrogen-bond acceptors (Lipinski definition) is 3. The molecule has 0 unspecified atom stereocenters. The van der Waals surface area contributed by atoms with Crippen molar-refractivity contribution < 1.29 is 19.4 Å². The molecule has 0 atom stereocenters. The predicted molar refractivity (Wildman–Crippen MR) is 36.3 cm³/mol. The first kappa shape index (κ1) is 9.24. The molecule has 4 heteroatoms. The molecule has 0 radical (unpaired) electrons. The summed E-state index contributed by atoms with van der Waals surface area (Å²) in [6, 6.07) is 0. The number of carbonyl (C=O) groups excluding carboxylic acids is 1. The van der Waals surface area contributed by atoms with Crippen molar-refractivity contribution in [1.82, 2.24) is 0 Å². The van der Waals surface area contributed by atoms with E-state index < -0.39 is 11.9 Å². The summed E-state index contributed by atoms with van der Waals surface area (Å²) in [4.78, 5) is 20.0. The zero-order valence-electron chi connectivity index (χ0n) is 5.83. The molecule has 0 saturated heterocycles. The molecule has 0 aliphatic heterocycles. The number of carbonyl (C=O) groups is 2. The minimum atomic E-state index is -1.63. The molecule has 0 rings (SSSR count). The fourth-order valence-corrected chi connectivity index (χ4v) is 0.264. The van der Waals surface area contributed by atoms with E-state index in [4.69, 9.17) is 5.11 Å². The van der Waals surface area contributed by atoms with Gasteiger partial charge in [0.25, 0.3) is 0 Å². The van der Waals surface area contributed by atoms with Crippen molar-refractivity contribution >= 4 is 11.9 Å². The van der Waals surface area contributed by atoms with Crippen LogP contribution in [0.3, 0.4) is 0 Å². The summed E-state index contributed by atoms with van der Waals surface area (Å²) >= 11 is 0. The minimum Gasteiger partial charge on any atom is -0.473 e. The lowest BCUT2D eigenvalue weighted by Gasteiger charge is -1.88. The van der Waals surface area contributed by atoms with E-state index in [1.165, 1.54) is 6.08 Å². The second-order valence-corrected chi connectivity index (χ2v) is 1.41. The Morgan fingerprint density at radius 1 is 1.55 bits per heavy atom. The Morgan fingerprint density at radius 3 is 2.64 bits per heavy atom. The summed E-state index contributed by atoms with van der Waals surface area (Å²) in [7, 11) is 0. The van der Waals surface area contributed by atoms with Crippen molar-refractivity contribution in [2.24, 2.45) is 0 Å². The molecule has 4 nitrogen and oxygen atoms in total. The standard InChI is InChI=1S/C7H6O4/c1-2-3-4-5-11-7(10)6(8)9/h4-5H,1H3,(H,8,9). The summed E-state index contributed by atoms with van der Waals surface area (Å²) in [5, 5.41) is 7.99. The second kappa shape index (κ2) is 5.06. The monoisotopic (exact) mass is 154 g/mol. The Kier molecular flexibility index (Phi) is 4.25. The molecule has 11 heavy (non-hydrogen) atoms. The lowest BCUT2D eigenvalue weighted by Crippen LogP contribution is -2.13. The van der Waals surface area contributed by atoms with Crippen LogP contribution < -0.4 is 0 Å². The average molecular weight is 154 g/mol. The first-order chi connectivity index (χ1) is 5.18. The van der Waals surface area contributed by atoms with Gasteiger partial charge in [0.15, 0.2) is 0 Å². The lowest BCUT2D eigenvalue weighted by molar-refractivity contribution is -0.160. The topological polar surface area (TPSA) is 63.6 Å². The van der Waals surface area contributed by atoms with Gasteiger partial charge in [-0.15, -0.1) is 5.92 Å². The number of esters is 1. The van der Waals surface area contributed by atoms with Gasteiger partial charge in [0, 0.05) is 6.08 Å². The number of carboxylic acids is 1. The summed E-state index contributed by atoms with van der Waals surface area (Å²) in [6.07, 6.45) is 2.16. The van der Waals surface area contributed by atoms with Crippen molar-refractivity contribution in [2.45, 2.75) is 6.92 Å². The van der Waals surface area contributed by atoms with Gasteiger partial charge in [-0.2, -0.15) is 0 Å². The van der Waals surface area contributed by atoms with Gasteiger partial charge < -0.3 is 9.84 Å². The Labute approximate surface area is 63.5 Å². The van der Waals surface area contributed by atoms with E-state index in [9.17, 15) is 9.59 Å². The molecular formula is C7H6O4. The molecule has 0 fully saturated rings. The number of hydrogen-bond donors (Lipinski definition) is 1. The van der Waals surface area contributed by atoms with E-state index in [0.717, 1.165) is 6.26 Å². The zero-order chi connectivity index (χ0) is 8.69. The van der Waals surface area contributed by atoms with Crippen LogP contribution in [0.15, 0.2) is 12.3 Å². The normalized spacial score (nSPS) is 8.45. The maximum Gasteiger partial charge on any atom is 0.422 e. The predicted octanol–water partition coefficient (Wildman–Crippen LogP) is 0.151. The zero-order valence-corrected chi connectivity index (χ0v) is 5.83. The molecule has 0 aromatic heterocycles. The largest absolute Gasteiger partial charge is 0.473 e. The Hall–Kier alpha value is -1.76. The third-order valence-corrected chi connectivity index (χ3v) is 0.645. The molecule has 0 spiro atoms. The van der Waals surface area contributed by atoms with Gasteiger partial charge in [0.2, 0.25) is 0 Å². The number of ether oxygens (including phenoxy) is 1. The summed E-state index contributed by atoms with van der Waals surface area (Å²) in [5.41, 5.74) is 0. The highest BCUT2D eigenvalue weighted by Crippen LogP contribution is 1.79. The second-order valence-electron chi connectivity index (χ2n) is 1.41. The molecule has 0 aromatic carbocycles. The van der Waals surface area contributed by atoms with Gasteiger partial charge in [-0.05, 0) is 6.92 Å². The van der Waals surface area contributed by atoms with Gasteiger partial charge >= 0.3 is 11.9 Å². The molecule has 0 aromatic rings. The Balaban J connectivity index is 3.77. The first-order valence-electron chi connectivity index (χ1n) is 2.69. The molecule has 0 amide bonds. The van der Waals surface area contributed by atoms with Crippen LogP contribution in [0.4, 0.5) is 0 Å². The number of carboxylic acid groups (broad SMARTS) is 1. The lowest BCUT2D eigenvalue weighted by atomic mass is 10.6. The summed E-state index contributed by atoms with van der Waals surface area (Å²) in [5.74, 6) is 1.99. The van der Waals surface area contributed by atoms with Crippen LogP contribution in [0.2, 0.25) is 0 Å². The Bertz CT molecular complexity index is 241. The van der Waals surface area contributed by atoms with Crippen molar-refractivity contribution in [1.29, 1.82) is 0 Å². The van der Waals surface area contributed by atoms with Gasteiger partial charge in [-0.1, -0.05) is 5.92 Å². The minimum absolute atomic E-state index is 0.924. The van der Waals surface area contributed by atoms with Crippen LogP contribution in [0.25, 0.3) is 0 Å². The van der Waals surface area contributed by atoms with E-state index in [-0.39, 0.29) is 0 Å². The van der Waals surface area contributed by atoms with E-state index >= 15 is 0 Å². The van der Waals surface area contributed by atoms with E-state index in [0.29, 0.717) is 0 Å². The molecular weight excluding hydrogens is 148 g/mol. The molecule has 0 heterocycles. The van der Waals surface area contributed by atoms with Crippen molar-refractivity contribution in [2.75, 3.05) is 0 Å². The summed E-state index contributed by atoms with van der Waals surface area (Å²) in [6.45, 7) is 1.60. The van der Waals surface area contributed by atoms with Crippen molar-refractivity contribution in [3.8, 4) is 11.8 Å². The van der Waals surface area contributed by atoms with E-state index in [1.807, 2.05) is 0 Å². The van der Waals surface area contributed by atoms with E-state index in [2.05, 4.69) is 16.6 Å². The third-order valence-electron chi connectivity index (χ3n) is 0.645. The molecule has 1 N–H and O–H groups in total. The van der Waals surface area contributed by atoms with Gasteiger partial charge in [0.05, 0.1) is 0 Å². The highest BCUT2D eigenvalue weighted by molar-refractivity contribution is 6.28. The number of rotatable bonds is 1. The SMILES string of the molecule is CC#CC=COC(=O)C(=O)O. The highest BCUT2D eigenvalue weighted by Gasteiger charge is 2.09.